The second-order valence-electron chi connectivity index (χ2n) is 9.18. The molecular weight excluding hydrogens is 418 g/mol. The van der Waals surface area contributed by atoms with Gasteiger partial charge in [-0.25, -0.2) is 9.78 Å². The van der Waals surface area contributed by atoms with Gasteiger partial charge < -0.3 is 19.4 Å². The topological polar surface area (TPSA) is 78.9 Å². The van der Waals surface area contributed by atoms with E-state index in [1.807, 2.05) is 36.4 Å². The average Bonchev–Trinajstić information content (AvgIpc) is 3.53. The summed E-state index contributed by atoms with van der Waals surface area (Å²) in [7, 11) is 0. The molecule has 0 bridgehead atoms. The quantitative estimate of drug-likeness (QED) is 0.699. The summed E-state index contributed by atoms with van der Waals surface area (Å²) in [6.07, 6.45) is 8.10. The number of likely N-dealkylation sites (tertiary alicyclic amines) is 1. The van der Waals surface area contributed by atoms with Crippen LogP contribution in [0.1, 0.15) is 43.2 Å². The van der Waals surface area contributed by atoms with E-state index in [4.69, 9.17) is 9.72 Å². The molecule has 0 radical (unpaired) electrons. The fraction of sp³-hybridized carbons (Fsp3) is 0.520. The lowest BCUT2D eigenvalue weighted by molar-refractivity contribution is -0.132. The monoisotopic (exact) mass is 449 g/mol. The maximum Gasteiger partial charge on any atom is 0.409 e. The van der Waals surface area contributed by atoms with Crippen molar-refractivity contribution in [2.75, 3.05) is 50.8 Å². The summed E-state index contributed by atoms with van der Waals surface area (Å²) in [6, 6.07) is 8.16. The van der Waals surface area contributed by atoms with E-state index in [0.717, 1.165) is 56.8 Å². The molecule has 0 aromatic carbocycles. The lowest BCUT2D eigenvalue weighted by atomic mass is 9.95. The molecule has 3 aliphatic rings. The molecule has 1 unspecified atom stereocenters. The van der Waals surface area contributed by atoms with Gasteiger partial charge in [-0.15, -0.1) is 0 Å². The van der Waals surface area contributed by atoms with Crippen LogP contribution >= 0.6 is 0 Å². The molecule has 2 aromatic rings. The Bertz CT molecular complexity index is 985. The highest BCUT2D eigenvalue weighted by Crippen LogP contribution is 2.50. The fourth-order valence-corrected chi connectivity index (χ4v) is 5.08. The molecule has 2 saturated heterocycles. The smallest absolute Gasteiger partial charge is 0.409 e. The third-order valence-corrected chi connectivity index (χ3v) is 7.22. The Labute approximate surface area is 194 Å². The number of aromatic nitrogens is 2. The highest BCUT2D eigenvalue weighted by Gasteiger charge is 2.54. The van der Waals surface area contributed by atoms with Crippen LogP contribution in [0.4, 0.5) is 10.6 Å². The van der Waals surface area contributed by atoms with Crippen LogP contribution < -0.4 is 4.90 Å². The molecule has 2 aliphatic heterocycles. The average molecular weight is 450 g/mol. The van der Waals surface area contributed by atoms with Crippen LogP contribution in [0.3, 0.4) is 0 Å². The van der Waals surface area contributed by atoms with Crippen LogP contribution in [0.15, 0.2) is 42.9 Å². The summed E-state index contributed by atoms with van der Waals surface area (Å²) in [6.45, 7) is 6.47. The van der Waals surface area contributed by atoms with Crippen molar-refractivity contribution < 1.29 is 14.3 Å². The first kappa shape index (κ1) is 21.7. The Kier molecular flexibility index (Phi) is 5.91. The van der Waals surface area contributed by atoms with Crippen LogP contribution in [0.2, 0.25) is 0 Å². The van der Waals surface area contributed by atoms with E-state index in [0.29, 0.717) is 25.6 Å². The maximum absolute atomic E-state index is 13.5. The van der Waals surface area contributed by atoms with E-state index in [1.54, 1.807) is 11.1 Å². The Hall–Kier alpha value is -3.16. The molecule has 5 rings (SSSR count). The predicted molar refractivity (Wildman–Crippen MR) is 124 cm³/mol. The SMILES string of the molecule is CCOC(=O)N1CCN(c2ccc(C3(C(=O)N4CCC(c5cccnc5)C4)CC3)cn2)CC1. The van der Waals surface area contributed by atoms with Crippen LogP contribution in [0.25, 0.3) is 0 Å². The highest BCUT2D eigenvalue weighted by atomic mass is 16.6. The normalized spacial score (nSPS) is 21.7. The number of piperazine rings is 1. The minimum absolute atomic E-state index is 0.242. The molecule has 174 valence electrons. The van der Waals surface area contributed by atoms with E-state index in [1.165, 1.54) is 5.56 Å². The maximum atomic E-state index is 13.5. The number of nitrogens with zero attached hydrogens (tertiary/aromatic N) is 5. The van der Waals surface area contributed by atoms with Gasteiger partial charge in [-0.3, -0.25) is 9.78 Å². The second-order valence-corrected chi connectivity index (χ2v) is 9.18. The zero-order valence-electron chi connectivity index (χ0n) is 19.2. The van der Waals surface area contributed by atoms with Gasteiger partial charge in [0.05, 0.1) is 12.0 Å². The van der Waals surface area contributed by atoms with Gasteiger partial charge in [-0.05, 0) is 49.4 Å². The van der Waals surface area contributed by atoms with E-state index < -0.39 is 5.41 Å². The van der Waals surface area contributed by atoms with Crippen molar-refractivity contribution in [3.63, 3.8) is 0 Å². The molecule has 3 fully saturated rings. The van der Waals surface area contributed by atoms with E-state index in [2.05, 4.69) is 22.0 Å². The summed E-state index contributed by atoms with van der Waals surface area (Å²) in [5.74, 6) is 1.50. The highest BCUT2D eigenvalue weighted by molar-refractivity contribution is 5.91. The van der Waals surface area contributed by atoms with E-state index >= 15 is 0 Å². The number of ether oxygens (including phenoxy) is 1. The molecule has 8 nitrogen and oxygen atoms in total. The minimum Gasteiger partial charge on any atom is -0.450 e. The number of carbonyl (C=O) groups excluding carboxylic acids is 2. The minimum atomic E-state index is -0.405. The fourth-order valence-electron chi connectivity index (χ4n) is 5.08. The van der Waals surface area contributed by atoms with Gasteiger partial charge in [0.2, 0.25) is 5.91 Å². The molecule has 33 heavy (non-hydrogen) atoms. The lowest BCUT2D eigenvalue weighted by Crippen LogP contribution is -2.49. The first-order valence-electron chi connectivity index (χ1n) is 11.9. The van der Waals surface area contributed by atoms with Crippen molar-refractivity contribution >= 4 is 17.8 Å². The van der Waals surface area contributed by atoms with Crippen LogP contribution in [-0.4, -0.2) is 77.6 Å². The molecule has 0 N–H and O–H groups in total. The molecule has 2 amide bonds. The third kappa shape index (κ3) is 4.26. The Morgan fingerprint density at radius 3 is 2.52 bits per heavy atom. The van der Waals surface area contributed by atoms with Crippen LogP contribution in [0.5, 0.6) is 0 Å². The predicted octanol–water partition coefficient (Wildman–Crippen LogP) is 2.80. The molecule has 2 aromatic heterocycles. The molecule has 8 heteroatoms. The van der Waals surface area contributed by atoms with Crippen LogP contribution in [0, 0.1) is 0 Å². The Morgan fingerprint density at radius 2 is 1.88 bits per heavy atom. The number of hydrogen-bond acceptors (Lipinski definition) is 6. The molecule has 0 spiro atoms. The van der Waals surface area contributed by atoms with Crippen molar-refractivity contribution in [2.24, 2.45) is 0 Å². The summed E-state index contributed by atoms with van der Waals surface area (Å²) in [5.41, 5.74) is 1.83. The second kappa shape index (κ2) is 9.00. The van der Waals surface area contributed by atoms with Gasteiger partial charge >= 0.3 is 6.09 Å². The van der Waals surface area contributed by atoms with Gasteiger partial charge in [-0.1, -0.05) is 12.1 Å². The van der Waals surface area contributed by atoms with Crippen molar-refractivity contribution in [3.8, 4) is 0 Å². The van der Waals surface area contributed by atoms with Gasteiger partial charge in [0, 0.05) is 63.8 Å². The number of rotatable bonds is 5. The number of anilines is 1. The summed E-state index contributed by atoms with van der Waals surface area (Å²) in [4.78, 5) is 40.3. The summed E-state index contributed by atoms with van der Waals surface area (Å²) in [5, 5.41) is 0. The third-order valence-electron chi connectivity index (χ3n) is 7.22. The number of amides is 2. The van der Waals surface area contributed by atoms with Crippen molar-refractivity contribution in [1.82, 2.24) is 19.8 Å². The van der Waals surface area contributed by atoms with Crippen molar-refractivity contribution in [2.45, 2.75) is 37.5 Å². The van der Waals surface area contributed by atoms with Crippen molar-refractivity contribution in [3.05, 3.63) is 54.0 Å². The molecule has 4 heterocycles. The number of pyridine rings is 2. The van der Waals surface area contributed by atoms with Gasteiger partial charge in [0.1, 0.15) is 5.82 Å². The number of hydrogen-bond donors (Lipinski definition) is 0. The van der Waals surface area contributed by atoms with Crippen molar-refractivity contribution in [1.29, 1.82) is 0 Å². The first-order chi connectivity index (χ1) is 16.1. The number of carbonyl (C=O) groups is 2. The molecule has 1 atom stereocenters. The zero-order chi connectivity index (χ0) is 22.8. The lowest BCUT2D eigenvalue weighted by Gasteiger charge is -2.34. The zero-order valence-corrected chi connectivity index (χ0v) is 19.2. The molecule has 1 aliphatic carbocycles. The van der Waals surface area contributed by atoms with E-state index in [9.17, 15) is 9.59 Å². The Balaban J connectivity index is 1.21. The van der Waals surface area contributed by atoms with Crippen LogP contribution in [-0.2, 0) is 14.9 Å². The molecular formula is C25H31N5O3. The Morgan fingerprint density at radius 1 is 1.06 bits per heavy atom. The van der Waals surface area contributed by atoms with Gasteiger partial charge in [-0.2, -0.15) is 0 Å². The van der Waals surface area contributed by atoms with E-state index in [-0.39, 0.29) is 12.0 Å². The standard InChI is InChI=1S/C25H31N5O3/c1-2-33-24(32)29-14-12-28(13-15-29)22-6-5-21(17-27-22)25(8-9-25)23(31)30-11-7-20(18-30)19-4-3-10-26-16-19/h3-6,10,16-17,20H,2,7-9,11-15,18H2,1H3. The van der Waals surface area contributed by atoms with Gasteiger partial charge in [0.15, 0.2) is 0 Å². The first-order valence-corrected chi connectivity index (χ1v) is 11.9. The summed E-state index contributed by atoms with van der Waals surface area (Å²) < 4.78 is 5.09. The largest absolute Gasteiger partial charge is 0.450 e. The van der Waals surface area contributed by atoms with Gasteiger partial charge in [0.25, 0.3) is 0 Å². The summed E-state index contributed by atoms with van der Waals surface area (Å²) >= 11 is 0. The molecule has 1 saturated carbocycles.